The highest BCUT2D eigenvalue weighted by Crippen LogP contribution is 2.51. The molecular weight excluding hydrogens is 335 g/mol. The minimum atomic E-state index is -0.507. The molecule has 0 spiro atoms. The molecule has 1 N–H and O–H groups in total. The molecule has 0 aromatic carbocycles. The standard InChI is InChI=1S/C18H15FN6O/c19-16-2-1-10(8-20-16)5-13-12-6-15(12)25(18(13)26)17-7-14(23-24-17)11-3-4-21-22-9-11/h1-4,7-9,12-13,15H,5-6H2,(H,23,24)/t12-,13+,15-/m0/s1. The monoisotopic (exact) mass is 350 g/mol. The summed E-state index contributed by atoms with van der Waals surface area (Å²) in [6.07, 6.45) is 6.32. The van der Waals surface area contributed by atoms with Crippen molar-refractivity contribution in [2.45, 2.75) is 18.9 Å². The molecule has 1 saturated carbocycles. The summed E-state index contributed by atoms with van der Waals surface area (Å²) in [5.41, 5.74) is 2.54. The van der Waals surface area contributed by atoms with Gasteiger partial charge in [0.05, 0.1) is 18.1 Å². The molecule has 4 heterocycles. The van der Waals surface area contributed by atoms with Crippen LogP contribution in [0.5, 0.6) is 0 Å². The zero-order valence-corrected chi connectivity index (χ0v) is 13.7. The molecule has 2 fully saturated rings. The molecule has 1 saturated heterocycles. The van der Waals surface area contributed by atoms with Crippen LogP contribution in [0.1, 0.15) is 12.0 Å². The van der Waals surface area contributed by atoms with E-state index in [0.717, 1.165) is 23.2 Å². The second-order valence-electron chi connectivity index (χ2n) is 6.75. The number of fused-ring (bicyclic) bond motifs is 1. The second-order valence-corrected chi connectivity index (χ2v) is 6.75. The summed E-state index contributed by atoms with van der Waals surface area (Å²) in [5.74, 6) is 0.424. The van der Waals surface area contributed by atoms with Crippen molar-refractivity contribution in [3.63, 3.8) is 0 Å². The van der Waals surface area contributed by atoms with Crippen molar-refractivity contribution in [1.82, 2.24) is 25.4 Å². The van der Waals surface area contributed by atoms with Crippen LogP contribution in [-0.4, -0.2) is 37.3 Å². The number of hydrogen-bond acceptors (Lipinski definition) is 5. The van der Waals surface area contributed by atoms with Gasteiger partial charge in [-0.3, -0.25) is 14.8 Å². The fraction of sp³-hybridized carbons (Fsp3) is 0.278. The molecule has 3 atom stereocenters. The van der Waals surface area contributed by atoms with E-state index in [9.17, 15) is 9.18 Å². The van der Waals surface area contributed by atoms with Gasteiger partial charge in [0.2, 0.25) is 11.9 Å². The minimum absolute atomic E-state index is 0.0708. The number of H-pyrrole nitrogens is 1. The molecule has 0 radical (unpaired) electrons. The van der Waals surface area contributed by atoms with Crippen molar-refractivity contribution < 1.29 is 9.18 Å². The van der Waals surface area contributed by atoms with E-state index < -0.39 is 5.95 Å². The van der Waals surface area contributed by atoms with Gasteiger partial charge < -0.3 is 0 Å². The number of aromatic nitrogens is 5. The third-order valence-corrected chi connectivity index (χ3v) is 5.16. The van der Waals surface area contributed by atoms with Gasteiger partial charge in [-0.1, -0.05) is 6.07 Å². The molecule has 1 amide bonds. The van der Waals surface area contributed by atoms with E-state index in [1.54, 1.807) is 23.4 Å². The van der Waals surface area contributed by atoms with Crippen LogP contribution in [0.25, 0.3) is 11.3 Å². The number of nitrogens with zero attached hydrogens (tertiary/aromatic N) is 5. The van der Waals surface area contributed by atoms with Gasteiger partial charge in [0, 0.05) is 29.8 Å². The Balaban J connectivity index is 1.37. The summed E-state index contributed by atoms with van der Waals surface area (Å²) in [6.45, 7) is 0. The van der Waals surface area contributed by atoms with Crippen LogP contribution >= 0.6 is 0 Å². The van der Waals surface area contributed by atoms with Crippen LogP contribution in [-0.2, 0) is 11.2 Å². The highest BCUT2D eigenvalue weighted by Gasteiger charge is 2.59. The maximum Gasteiger partial charge on any atom is 0.232 e. The normalized spacial score (nSPS) is 24.0. The number of nitrogens with one attached hydrogen (secondary N) is 1. The maximum absolute atomic E-state index is 13.0. The summed E-state index contributed by atoms with van der Waals surface area (Å²) in [5, 5.41) is 14.9. The van der Waals surface area contributed by atoms with Crippen molar-refractivity contribution in [2.75, 3.05) is 4.90 Å². The van der Waals surface area contributed by atoms with Gasteiger partial charge in [0.15, 0.2) is 5.82 Å². The Bertz CT molecular complexity index is 957. The van der Waals surface area contributed by atoms with Gasteiger partial charge in [-0.05, 0) is 36.5 Å². The van der Waals surface area contributed by atoms with Crippen molar-refractivity contribution in [3.05, 3.63) is 54.4 Å². The number of carbonyl (C=O) groups is 1. The van der Waals surface area contributed by atoms with Crippen LogP contribution in [0.15, 0.2) is 42.9 Å². The Hall–Kier alpha value is -3.16. The van der Waals surface area contributed by atoms with Gasteiger partial charge in [0.1, 0.15) is 0 Å². The smallest absolute Gasteiger partial charge is 0.232 e. The average Bonchev–Trinajstić information content (AvgIpc) is 3.18. The first-order chi connectivity index (χ1) is 12.7. The third-order valence-electron chi connectivity index (χ3n) is 5.16. The average molecular weight is 350 g/mol. The summed E-state index contributed by atoms with van der Waals surface area (Å²) in [7, 11) is 0. The van der Waals surface area contributed by atoms with Crippen molar-refractivity contribution in [2.24, 2.45) is 11.8 Å². The van der Waals surface area contributed by atoms with Crippen LogP contribution in [0.3, 0.4) is 0 Å². The highest BCUT2D eigenvalue weighted by molar-refractivity contribution is 5.99. The molecule has 0 bridgehead atoms. The SMILES string of the molecule is O=C1[C@H](Cc2ccc(F)nc2)[C@@H]2C[C@@H]2N1c1cc(-c2ccnnc2)[nH]n1. The fourth-order valence-corrected chi connectivity index (χ4v) is 3.79. The summed E-state index contributed by atoms with van der Waals surface area (Å²) < 4.78 is 13.0. The van der Waals surface area contributed by atoms with E-state index in [1.165, 1.54) is 12.3 Å². The fourth-order valence-electron chi connectivity index (χ4n) is 3.79. The van der Waals surface area contributed by atoms with Crippen LogP contribution < -0.4 is 4.90 Å². The van der Waals surface area contributed by atoms with E-state index in [-0.39, 0.29) is 17.9 Å². The predicted octanol–water partition coefficient (Wildman–Crippen LogP) is 1.99. The number of amides is 1. The zero-order chi connectivity index (χ0) is 17.7. The number of aromatic amines is 1. The van der Waals surface area contributed by atoms with Gasteiger partial charge in [-0.2, -0.15) is 19.7 Å². The van der Waals surface area contributed by atoms with Gasteiger partial charge in [-0.15, -0.1) is 0 Å². The molecule has 1 aliphatic heterocycles. The second kappa shape index (κ2) is 5.69. The summed E-state index contributed by atoms with van der Waals surface area (Å²) in [6, 6.07) is 6.93. The zero-order valence-electron chi connectivity index (χ0n) is 13.7. The number of halogens is 1. The van der Waals surface area contributed by atoms with Gasteiger partial charge >= 0.3 is 0 Å². The van der Waals surface area contributed by atoms with Gasteiger partial charge in [0.25, 0.3) is 0 Å². The lowest BCUT2D eigenvalue weighted by Gasteiger charge is -2.18. The molecule has 3 aromatic heterocycles. The van der Waals surface area contributed by atoms with Crippen LogP contribution in [0.2, 0.25) is 0 Å². The van der Waals surface area contributed by atoms with Crippen LogP contribution in [0, 0.1) is 17.8 Å². The highest BCUT2D eigenvalue weighted by atomic mass is 19.1. The molecular formula is C18H15FN6O. The predicted molar refractivity (Wildman–Crippen MR) is 90.4 cm³/mol. The lowest BCUT2D eigenvalue weighted by Crippen LogP contribution is -2.32. The van der Waals surface area contributed by atoms with Crippen molar-refractivity contribution in [1.29, 1.82) is 0 Å². The number of pyridine rings is 1. The van der Waals surface area contributed by atoms with E-state index in [0.29, 0.717) is 18.2 Å². The Morgan fingerprint density at radius 3 is 2.92 bits per heavy atom. The van der Waals surface area contributed by atoms with Crippen LogP contribution in [0.4, 0.5) is 10.2 Å². The van der Waals surface area contributed by atoms with Crippen molar-refractivity contribution >= 4 is 11.7 Å². The molecule has 130 valence electrons. The molecule has 7 nitrogen and oxygen atoms in total. The number of anilines is 1. The first-order valence-corrected chi connectivity index (χ1v) is 8.46. The Labute approximate surface area is 148 Å². The molecule has 5 rings (SSSR count). The molecule has 3 aromatic rings. The minimum Gasteiger partial charge on any atom is -0.292 e. The Morgan fingerprint density at radius 1 is 1.23 bits per heavy atom. The van der Waals surface area contributed by atoms with E-state index in [4.69, 9.17) is 0 Å². The number of rotatable bonds is 4. The van der Waals surface area contributed by atoms with E-state index in [1.807, 2.05) is 12.1 Å². The first-order valence-electron chi connectivity index (χ1n) is 8.46. The third kappa shape index (κ3) is 2.45. The van der Waals surface area contributed by atoms with Gasteiger partial charge in [-0.25, -0.2) is 4.98 Å². The molecule has 2 aliphatic rings. The quantitative estimate of drug-likeness (QED) is 0.727. The number of hydrogen-bond donors (Lipinski definition) is 1. The Morgan fingerprint density at radius 2 is 2.15 bits per heavy atom. The summed E-state index contributed by atoms with van der Waals surface area (Å²) >= 11 is 0. The number of carbonyl (C=O) groups excluding carboxylic acids is 1. The molecule has 8 heteroatoms. The molecule has 26 heavy (non-hydrogen) atoms. The molecule has 1 aliphatic carbocycles. The number of piperidine rings is 1. The van der Waals surface area contributed by atoms with E-state index in [2.05, 4.69) is 25.4 Å². The first kappa shape index (κ1) is 15.1. The molecule has 0 unspecified atom stereocenters. The Kier molecular flexibility index (Phi) is 3.31. The lowest BCUT2D eigenvalue weighted by molar-refractivity contribution is -0.121. The lowest BCUT2D eigenvalue weighted by atomic mass is 9.96. The topological polar surface area (TPSA) is 87.7 Å². The summed E-state index contributed by atoms with van der Waals surface area (Å²) in [4.78, 5) is 18.4. The largest absolute Gasteiger partial charge is 0.292 e. The van der Waals surface area contributed by atoms with Crippen molar-refractivity contribution in [3.8, 4) is 11.3 Å². The van der Waals surface area contributed by atoms with E-state index >= 15 is 0 Å². The maximum atomic E-state index is 13.0.